The maximum absolute atomic E-state index is 13.5. The number of guanidine groups is 1. The average molecular weight is 388 g/mol. The Labute approximate surface area is 159 Å². The van der Waals surface area contributed by atoms with Crippen molar-refractivity contribution < 1.29 is 13.6 Å². The van der Waals surface area contributed by atoms with Gasteiger partial charge >= 0.3 is 0 Å². The van der Waals surface area contributed by atoms with E-state index in [1.54, 1.807) is 19.1 Å². The van der Waals surface area contributed by atoms with Crippen molar-refractivity contribution in [3.63, 3.8) is 0 Å². The molecular weight excluding hydrogens is 370 g/mol. The third-order valence-electron chi connectivity index (χ3n) is 4.80. The number of carbonyl (C=O) groups is 1. The van der Waals surface area contributed by atoms with Crippen LogP contribution in [0.25, 0.3) is 0 Å². The molecule has 2 atom stereocenters. The average Bonchev–Trinajstić information content (AvgIpc) is 3.09. The number of nitrogens with two attached hydrogens (primary N) is 1. The van der Waals surface area contributed by atoms with Crippen LogP contribution < -0.4 is 5.73 Å². The second-order valence-electron chi connectivity index (χ2n) is 6.73. The van der Waals surface area contributed by atoms with E-state index in [1.807, 2.05) is 0 Å². The number of rotatable bonds is 3. The van der Waals surface area contributed by atoms with Gasteiger partial charge in [-0.3, -0.25) is 9.69 Å². The van der Waals surface area contributed by atoms with Gasteiger partial charge in [0, 0.05) is 24.4 Å². The molecule has 27 heavy (non-hydrogen) atoms. The number of hydrogen-bond donors (Lipinski definition) is 1. The Hall–Kier alpha value is -2.79. The number of aliphatic imine (C=N–C) groups is 1. The Morgan fingerprint density at radius 1 is 1.30 bits per heavy atom. The second-order valence-corrected chi connectivity index (χ2v) is 7.82. The van der Waals surface area contributed by atoms with E-state index in [9.17, 15) is 13.6 Å². The van der Waals surface area contributed by atoms with Crippen molar-refractivity contribution in [1.29, 1.82) is 5.26 Å². The van der Waals surface area contributed by atoms with Gasteiger partial charge in [0.15, 0.2) is 5.96 Å². The predicted octanol–water partition coefficient (Wildman–Crippen LogP) is 3.52. The number of alkyl halides is 2. The van der Waals surface area contributed by atoms with Gasteiger partial charge in [0.05, 0.1) is 5.92 Å². The lowest BCUT2D eigenvalue weighted by molar-refractivity contribution is -0.130. The summed E-state index contributed by atoms with van der Waals surface area (Å²) in [6.07, 6.45) is 0. The van der Waals surface area contributed by atoms with Crippen molar-refractivity contribution >= 4 is 23.2 Å². The number of amides is 1. The van der Waals surface area contributed by atoms with Crippen LogP contribution in [0.3, 0.4) is 0 Å². The number of nitriles is 1. The predicted molar refractivity (Wildman–Crippen MR) is 99.5 cm³/mol. The molecule has 0 fully saturated rings. The first kappa shape index (κ1) is 19.0. The number of benzene rings is 1. The Balaban J connectivity index is 2.15. The summed E-state index contributed by atoms with van der Waals surface area (Å²) in [5, 5.41) is 9.12. The number of halogens is 2. The molecule has 0 aliphatic carbocycles. The highest BCUT2D eigenvalue weighted by Crippen LogP contribution is 2.46. The van der Waals surface area contributed by atoms with E-state index >= 15 is 0 Å². The summed E-state index contributed by atoms with van der Waals surface area (Å²) < 4.78 is 27.1. The number of thiophene rings is 1. The van der Waals surface area contributed by atoms with Gasteiger partial charge in [-0.2, -0.15) is 5.26 Å². The fourth-order valence-corrected chi connectivity index (χ4v) is 4.15. The van der Waals surface area contributed by atoms with Gasteiger partial charge < -0.3 is 5.73 Å². The summed E-state index contributed by atoms with van der Waals surface area (Å²) in [6.45, 7) is 2.59. The lowest BCUT2D eigenvalue weighted by atomic mass is 9.77. The van der Waals surface area contributed by atoms with Gasteiger partial charge in [-0.25, -0.2) is 13.8 Å². The first-order valence-electron chi connectivity index (χ1n) is 8.19. The van der Waals surface area contributed by atoms with Crippen LogP contribution in [-0.4, -0.2) is 23.8 Å². The first-order chi connectivity index (χ1) is 12.6. The molecule has 8 heteroatoms. The highest BCUT2D eigenvalue weighted by molar-refractivity contribution is 7.12. The minimum absolute atomic E-state index is 0.0716. The monoisotopic (exact) mass is 388 g/mol. The second kappa shape index (κ2) is 6.43. The van der Waals surface area contributed by atoms with Crippen LogP contribution in [0.5, 0.6) is 0 Å². The molecule has 1 aliphatic heterocycles. The van der Waals surface area contributed by atoms with Crippen LogP contribution in [0, 0.1) is 11.3 Å². The van der Waals surface area contributed by atoms with Crippen LogP contribution >= 0.6 is 11.3 Å². The number of likely N-dealkylation sites (N-methyl/N-ethyl adjacent to an activating group) is 1. The molecule has 0 bridgehead atoms. The Morgan fingerprint density at radius 3 is 2.44 bits per heavy atom. The highest BCUT2D eigenvalue weighted by atomic mass is 32.1. The zero-order valence-corrected chi connectivity index (χ0v) is 15.8. The molecule has 140 valence electrons. The van der Waals surface area contributed by atoms with Crippen molar-refractivity contribution in [3.05, 3.63) is 57.3 Å². The Morgan fingerprint density at radius 2 is 1.93 bits per heavy atom. The van der Waals surface area contributed by atoms with Gasteiger partial charge in [0.25, 0.3) is 5.92 Å². The van der Waals surface area contributed by atoms with Gasteiger partial charge in [-0.1, -0.05) is 24.3 Å². The molecule has 1 amide bonds. The summed E-state index contributed by atoms with van der Waals surface area (Å²) in [4.78, 5) is 20.0. The normalized spacial score (nSPS) is 23.1. The molecule has 2 aromatic rings. The van der Waals surface area contributed by atoms with E-state index in [-0.39, 0.29) is 17.4 Å². The summed E-state index contributed by atoms with van der Waals surface area (Å²) in [7, 11) is 1.53. The summed E-state index contributed by atoms with van der Waals surface area (Å²) in [5.41, 5.74) is 5.33. The van der Waals surface area contributed by atoms with Crippen molar-refractivity contribution in [3.8, 4) is 6.07 Å². The van der Waals surface area contributed by atoms with Crippen molar-refractivity contribution in [1.82, 2.24) is 4.90 Å². The van der Waals surface area contributed by atoms with Gasteiger partial charge in [0.1, 0.15) is 16.5 Å². The lowest BCUT2D eigenvalue weighted by Gasteiger charge is -2.40. The first-order valence-corrected chi connectivity index (χ1v) is 9.01. The molecule has 0 saturated carbocycles. The van der Waals surface area contributed by atoms with Crippen molar-refractivity contribution in [2.75, 3.05) is 7.05 Å². The van der Waals surface area contributed by atoms with E-state index in [1.165, 1.54) is 47.5 Å². The van der Waals surface area contributed by atoms with Crippen LogP contribution in [0.1, 0.15) is 40.6 Å². The zero-order valence-electron chi connectivity index (χ0n) is 15.0. The quantitative estimate of drug-likeness (QED) is 0.873. The maximum atomic E-state index is 13.5. The molecular formula is C19H18F2N4OS. The minimum atomic E-state index is -2.97. The maximum Gasteiger partial charge on any atom is 0.270 e. The molecule has 2 heterocycles. The molecule has 1 aliphatic rings. The van der Waals surface area contributed by atoms with Crippen molar-refractivity contribution in [2.45, 2.75) is 31.2 Å². The van der Waals surface area contributed by atoms with Crippen LogP contribution in [0.2, 0.25) is 0 Å². The minimum Gasteiger partial charge on any atom is -0.369 e. The summed E-state index contributed by atoms with van der Waals surface area (Å²) in [5.74, 6) is -3.93. The largest absolute Gasteiger partial charge is 0.369 e. The van der Waals surface area contributed by atoms with Gasteiger partial charge in [0.2, 0.25) is 5.91 Å². The van der Waals surface area contributed by atoms with E-state index in [0.29, 0.717) is 15.3 Å². The van der Waals surface area contributed by atoms with E-state index in [2.05, 4.69) is 11.1 Å². The molecule has 2 N–H and O–H groups in total. The topological polar surface area (TPSA) is 82.5 Å². The number of carbonyl (C=O) groups excluding carboxylic acids is 1. The third-order valence-corrected chi connectivity index (χ3v) is 6.01. The van der Waals surface area contributed by atoms with E-state index < -0.39 is 17.4 Å². The molecule has 5 nitrogen and oxygen atoms in total. The van der Waals surface area contributed by atoms with Gasteiger partial charge in [-0.05, 0) is 24.6 Å². The summed E-state index contributed by atoms with van der Waals surface area (Å²) in [6, 6.07) is 11.2. The SMILES string of the molecule is CN1C(=O)C(c2ccc(C(C)(F)F)cc2)[C@@](C)(c2ccc(C#N)s2)N=C1N. The smallest absolute Gasteiger partial charge is 0.270 e. The fourth-order valence-electron chi connectivity index (χ4n) is 3.23. The molecule has 3 rings (SSSR count). The Bertz CT molecular complexity index is 955. The lowest BCUT2D eigenvalue weighted by Crippen LogP contribution is -2.52. The number of nitrogens with zero attached hydrogens (tertiary/aromatic N) is 3. The summed E-state index contributed by atoms with van der Waals surface area (Å²) >= 11 is 1.23. The molecule has 1 aromatic heterocycles. The number of hydrogen-bond acceptors (Lipinski definition) is 5. The third kappa shape index (κ3) is 3.19. The van der Waals surface area contributed by atoms with E-state index in [4.69, 9.17) is 11.0 Å². The van der Waals surface area contributed by atoms with Crippen LogP contribution in [-0.2, 0) is 16.3 Å². The van der Waals surface area contributed by atoms with Crippen LogP contribution in [0.15, 0.2) is 41.4 Å². The zero-order chi connectivity index (χ0) is 20.0. The molecule has 1 aromatic carbocycles. The standard InChI is InChI=1S/C19H18F2N4OS/c1-18(14-9-8-13(10-22)27-14)15(16(26)25(3)17(23)24-18)11-4-6-12(7-5-11)19(2,20)21/h4-9,15H,1-3H3,(H2,23,24)/t15?,18-/m1/s1. The van der Waals surface area contributed by atoms with Crippen LogP contribution in [0.4, 0.5) is 8.78 Å². The Kier molecular flexibility index (Phi) is 4.52. The van der Waals surface area contributed by atoms with Gasteiger partial charge in [-0.15, -0.1) is 11.3 Å². The fraction of sp³-hybridized carbons (Fsp3) is 0.316. The molecule has 0 radical (unpaired) electrons. The van der Waals surface area contributed by atoms with E-state index in [0.717, 1.165) is 6.92 Å². The molecule has 0 saturated heterocycles. The molecule has 1 unspecified atom stereocenters. The van der Waals surface area contributed by atoms with Crippen molar-refractivity contribution in [2.24, 2.45) is 10.7 Å². The molecule has 0 spiro atoms. The highest BCUT2D eigenvalue weighted by Gasteiger charge is 2.48.